The first-order valence-electron chi connectivity index (χ1n) is 9.85. The summed E-state index contributed by atoms with van der Waals surface area (Å²) in [5.74, 6) is -1.31. The van der Waals surface area contributed by atoms with Gasteiger partial charge in [-0.2, -0.15) is 18.3 Å². The number of nitrogens with one attached hydrogen (secondary N) is 1. The Balaban J connectivity index is 1.76. The Hall–Kier alpha value is -3.38. The molecule has 4 rings (SSSR count). The molecule has 13 heteroatoms. The predicted molar refractivity (Wildman–Crippen MR) is 121 cm³/mol. The van der Waals surface area contributed by atoms with Crippen molar-refractivity contribution in [1.82, 2.24) is 14.8 Å². The highest BCUT2D eigenvalue weighted by Crippen LogP contribution is 2.43. The number of aryl methyl sites for hydroxylation is 2. The largest absolute Gasteiger partial charge is 0.464 e. The molecule has 0 atom stereocenters. The monoisotopic (exact) mass is 511 g/mol. The molecule has 0 bridgehead atoms. The molecule has 8 nitrogen and oxygen atoms in total. The normalized spacial score (nSPS) is 11.8. The highest BCUT2D eigenvalue weighted by Gasteiger charge is 2.35. The Bertz CT molecular complexity index is 1410. The van der Waals surface area contributed by atoms with Gasteiger partial charge in [-0.25, -0.2) is 4.98 Å². The van der Waals surface area contributed by atoms with Crippen LogP contribution in [0.25, 0.3) is 21.5 Å². The second-order valence-corrected chi connectivity index (χ2v) is 8.76. The molecular weight excluding hydrogens is 495 g/mol. The van der Waals surface area contributed by atoms with Crippen LogP contribution in [0.5, 0.6) is 0 Å². The molecule has 0 saturated carbocycles. The van der Waals surface area contributed by atoms with E-state index in [1.165, 1.54) is 18.4 Å². The molecule has 4 aromatic rings. The number of hydrogen-bond acceptors (Lipinski definition) is 6. The van der Waals surface area contributed by atoms with Crippen molar-refractivity contribution in [3.8, 4) is 11.3 Å². The first kappa shape index (κ1) is 23.8. The lowest BCUT2D eigenvalue weighted by atomic mass is 10.1. The first-order chi connectivity index (χ1) is 16.0. The summed E-state index contributed by atoms with van der Waals surface area (Å²) in [5.41, 5.74) is 5.62. The van der Waals surface area contributed by atoms with Crippen molar-refractivity contribution in [2.75, 3.05) is 5.32 Å². The Kier molecular flexibility index (Phi) is 6.13. The van der Waals surface area contributed by atoms with E-state index in [0.717, 1.165) is 6.07 Å². The van der Waals surface area contributed by atoms with E-state index < -0.39 is 23.7 Å². The predicted octanol–water partition coefficient (Wildman–Crippen LogP) is 5.17. The van der Waals surface area contributed by atoms with Crippen LogP contribution in [0.3, 0.4) is 0 Å². The molecule has 0 fully saturated rings. The number of halogens is 4. The average molecular weight is 512 g/mol. The Labute approximate surface area is 199 Å². The lowest BCUT2D eigenvalue weighted by Crippen LogP contribution is -2.18. The van der Waals surface area contributed by atoms with E-state index in [2.05, 4.69) is 15.4 Å². The summed E-state index contributed by atoms with van der Waals surface area (Å²) in [6, 6.07) is 3.79. The van der Waals surface area contributed by atoms with Gasteiger partial charge in [-0.3, -0.25) is 14.3 Å². The third-order valence-electron chi connectivity index (χ3n) is 5.07. The van der Waals surface area contributed by atoms with Crippen LogP contribution < -0.4 is 11.1 Å². The summed E-state index contributed by atoms with van der Waals surface area (Å²) in [6.07, 6.45) is -3.48. The molecule has 3 N–H and O–H groups in total. The maximum Gasteiger partial charge on any atom is 0.433 e. The number of alkyl halides is 3. The Morgan fingerprint density at radius 2 is 2.06 bits per heavy atom. The second kappa shape index (κ2) is 8.76. The summed E-state index contributed by atoms with van der Waals surface area (Å²) in [7, 11) is 0. The van der Waals surface area contributed by atoms with Crippen LogP contribution in [-0.4, -0.2) is 26.6 Å². The Morgan fingerprint density at radius 3 is 2.62 bits per heavy atom. The van der Waals surface area contributed by atoms with Crippen LogP contribution in [-0.2, 0) is 17.5 Å². The number of thiophene rings is 1. The zero-order chi connectivity index (χ0) is 24.8. The fraction of sp³-hybridized carbons (Fsp3) is 0.238. The summed E-state index contributed by atoms with van der Waals surface area (Å²) in [5, 5.41) is 7.50. The van der Waals surface area contributed by atoms with Gasteiger partial charge in [-0.15, -0.1) is 11.3 Å². The fourth-order valence-electron chi connectivity index (χ4n) is 3.46. The highest BCUT2D eigenvalue weighted by atomic mass is 35.5. The molecule has 0 aliphatic heterocycles. The molecule has 0 unspecified atom stereocenters. The molecule has 0 saturated heterocycles. The van der Waals surface area contributed by atoms with Gasteiger partial charge in [-0.1, -0.05) is 11.6 Å². The van der Waals surface area contributed by atoms with Gasteiger partial charge in [0, 0.05) is 17.4 Å². The maximum absolute atomic E-state index is 13.5. The molecule has 0 spiro atoms. The van der Waals surface area contributed by atoms with Crippen LogP contribution in [0, 0.1) is 13.8 Å². The minimum Gasteiger partial charge on any atom is -0.464 e. The van der Waals surface area contributed by atoms with Crippen LogP contribution in [0.4, 0.5) is 18.9 Å². The van der Waals surface area contributed by atoms with Crippen molar-refractivity contribution in [3.63, 3.8) is 0 Å². The van der Waals surface area contributed by atoms with Gasteiger partial charge in [0.25, 0.3) is 5.91 Å². The zero-order valence-corrected chi connectivity index (χ0v) is 19.4. The molecule has 34 heavy (non-hydrogen) atoms. The number of anilines is 1. The van der Waals surface area contributed by atoms with Crippen LogP contribution in [0.15, 0.2) is 28.9 Å². The number of hydrogen-bond donors (Lipinski definition) is 2. The lowest BCUT2D eigenvalue weighted by molar-refractivity contribution is -0.140. The third-order valence-corrected chi connectivity index (χ3v) is 6.72. The van der Waals surface area contributed by atoms with Crippen LogP contribution >= 0.6 is 22.9 Å². The van der Waals surface area contributed by atoms with Crippen molar-refractivity contribution < 1.29 is 27.2 Å². The van der Waals surface area contributed by atoms with Gasteiger partial charge < -0.3 is 15.5 Å². The molecule has 0 aliphatic rings. The van der Waals surface area contributed by atoms with Gasteiger partial charge >= 0.3 is 6.18 Å². The number of rotatable bonds is 6. The number of amides is 2. The summed E-state index contributed by atoms with van der Waals surface area (Å²) < 4.78 is 47.3. The van der Waals surface area contributed by atoms with E-state index in [9.17, 15) is 22.8 Å². The van der Waals surface area contributed by atoms with Crippen LogP contribution in [0.1, 0.15) is 33.2 Å². The number of carbonyl (C=O) groups is 2. The number of fused-ring (bicyclic) bond motifs is 1. The van der Waals surface area contributed by atoms with Crippen molar-refractivity contribution >= 4 is 50.7 Å². The number of aromatic nitrogens is 3. The topological polar surface area (TPSA) is 116 Å². The number of nitrogens with zero attached hydrogens (tertiary/aromatic N) is 3. The Morgan fingerprint density at radius 1 is 1.32 bits per heavy atom. The SMILES string of the molecule is Cc1nn(CCC(=O)Nc2c(C(N)=O)sc3nc(C(F)(F)F)cc(-c4ccco4)c23)c(C)c1Cl. The second-order valence-electron chi connectivity index (χ2n) is 7.39. The van der Waals surface area contributed by atoms with E-state index in [4.69, 9.17) is 21.8 Å². The molecule has 4 aromatic heterocycles. The zero-order valence-electron chi connectivity index (χ0n) is 17.8. The summed E-state index contributed by atoms with van der Waals surface area (Å²) in [6.45, 7) is 3.69. The van der Waals surface area contributed by atoms with Gasteiger partial charge in [0.2, 0.25) is 5.91 Å². The summed E-state index contributed by atoms with van der Waals surface area (Å²) >= 11 is 6.79. The molecule has 2 amide bonds. The van der Waals surface area contributed by atoms with E-state index in [-0.39, 0.29) is 45.1 Å². The van der Waals surface area contributed by atoms with Crippen molar-refractivity contribution in [2.45, 2.75) is 33.0 Å². The van der Waals surface area contributed by atoms with Gasteiger partial charge in [-0.05, 0) is 32.0 Å². The molecule has 0 radical (unpaired) electrons. The fourth-order valence-corrected chi connectivity index (χ4v) is 4.61. The molecule has 178 valence electrons. The van der Waals surface area contributed by atoms with E-state index in [0.29, 0.717) is 27.7 Å². The van der Waals surface area contributed by atoms with Crippen molar-refractivity contribution in [2.24, 2.45) is 5.73 Å². The lowest BCUT2D eigenvalue weighted by Gasteiger charge is -2.11. The quantitative estimate of drug-likeness (QED) is 0.370. The highest BCUT2D eigenvalue weighted by molar-refractivity contribution is 7.21. The standard InChI is InChI=1S/C21H17ClF3N5O3S/c1-9-16(22)10(2)30(29-9)6-5-14(31)28-17-15-11(12-4-3-7-33-12)8-13(21(23,24)25)27-20(15)34-18(17)19(26)32/h3-4,7-8H,5-6H2,1-2H3,(H2,26,32)(H,28,31). The average Bonchev–Trinajstić information content (AvgIpc) is 3.47. The first-order valence-corrected chi connectivity index (χ1v) is 11.0. The van der Waals surface area contributed by atoms with Crippen molar-refractivity contribution in [1.29, 1.82) is 0 Å². The van der Waals surface area contributed by atoms with E-state index in [1.807, 2.05) is 0 Å². The number of nitrogens with two attached hydrogens (primary N) is 1. The minimum atomic E-state index is -4.74. The van der Waals surface area contributed by atoms with E-state index in [1.54, 1.807) is 18.5 Å². The number of furan rings is 1. The minimum absolute atomic E-state index is 0.0171. The van der Waals surface area contributed by atoms with Gasteiger partial charge in [0.15, 0.2) is 0 Å². The number of primary amides is 1. The molecule has 4 heterocycles. The van der Waals surface area contributed by atoms with Crippen molar-refractivity contribution in [3.05, 3.63) is 51.4 Å². The van der Waals surface area contributed by atoms with Gasteiger partial charge in [0.05, 0.1) is 34.9 Å². The number of pyridine rings is 1. The maximum atomic E-state index is 13.5. The van der Waals surface area contributed by atoms with Gasteiger partial charge in [0.1, 0.15) is 21.2 Å². The smallest absolute Gasteiger partial charge is 0.433 e. The van der Waals surface area contributed by atoms with Crippen LogP contribution in [0.2, 0.25) is 5.02 Å². The number of carbonyl (C=O) groups excluding carboxylic acids is 2. The summed E-state index contributed by atoms with van der Waals surface area (Å²) in [4.78, 5) is 28.3. The van der Waals surface area contributed by atoms with E-state index >= 15 is 0 Å². The molecule has 0 aliphatic carbocycles. The third kappa shape index (κ3) is 4.38. The molecule has 0 aromatic carbocycles. The molecular formula is C21H17ClF3N5O3S.